The number of fused-ring (bicyclic) bond motifs is 1. The largest absolute Gasteiger partial charge is 0.452 e. The fourth-order valence-corrected chi connectivity index (χ4v) is 2.43. The molecule has 0 radical (unpaired) electrons. The molecule has 0 saturated carbocycles. The minimum Gasteiger partial charge on any atom is -0.452 e. The number of anilines is 1. The second kappa shape index (κ2) is 4.87. The minimum atomic E-state index is -0.273. The van der Waals surface area contributed by atoms with E-state index in [4.69, 9.17) is 4.74 Å². The Hall–Kier alpha value is -1.03. The maximum Gasteiger partial charge on any atom is 0.414 e. The van der Waals surface area contributed by atoms with Gasteiger partial charge in [0.15, 0.2) is 0 Å². The molecule has 2 rings (SSSR count). The monoisotopic (exact) mass is 283 g/mol. The molecule has 0 fully saturated rings. The van der Waals surface area contributed by atoms with Crippen molar-refractivity contribution in [2.24, 2.45) is 0 Å². The lowest BCUT2D eigenvalue weighted by atomic mass is 10.1. The molecule has 0 atom stereocenters. The fraction of sp³-hybridized carbons (Fsp3) is 0.417. The van der Waals surface area contributed by atoms with E-state index < -0.39 is 0 Å². The Labute approximate surface area is 104 Å². The number of methoxy groups -OCH3 is 1. The van der Waals surface area contributed by atoms with Crippen LogP contribution < -0.4 is 4.90 Å². The van der Waals surface area contributed by atoms with E-state index in [1.165, 1.54) is 12.7 Å². The van der Waals surface area contributed by atoms with Gasteiger partial charge in [0.05, 0.1) is 12.8 Å². The molecule has 1 amide bonds. The van der Waals surface area contributed by atoms with Gasteiger partial charge in [0, 0.05) is 11.0 Å². The number of halogens is 1. The number of nitrogens with zero attached hydrogens (tertiary/aromatic N) is 1. The summed E-state index contributed by atoms with van der Waals surface area (Å²) >= 11 is 3.46. The van der Waals surface area contributed by atoms with Gasteiger partial charge in [-0.2, -0.15) is 0 Å². The Kier molecular flexibility index (Phi) is 3.49. The first-order valence-corrected chi connectivity index (χ1v) is 6.15. The molecule has 0 bridgehead atoms. The smallest absolute Gasteiger partial charge is 0.414 e. The van der Waals surface area contributed by atoms with E-state index in [1.807, 2.05) is 12.1 Å². The van der Waals surface area contributed by atoms with Gasteiger partial charge in [0.25, 0.3) is 0 Å². The number of hydrogen-bond donors (Lipinski definition) is 0. The Bertz CT molecular complexity index is 406. The summed E-state index contributed by atoms with van der Waals surface area (Å²) in [5.41, 5.74) is 2.19. The van der Waals surface area contributed by atoms with Gasteiger partial charge in [-0.05, 0) is 43.0 Å². The summed E-state index contributed by atoms with van der Waals surface area (Å²) in [5.74, 6) is 0. The van der Waals surface area contributed by atoms with Gasteiger partial charge < -0.3 is 4.74 Å². The summed E-state index contributed by atoms with van der Waals surface area (Å²) < 4.78 is 5.86. The van der Waals surface area contributed by atoms with Crippen molar-refractivity contribution < 1.29 is 9.53 Å². The predicted octanol–water partition coefficient (Wildman–Crippen LogP) is 3.36. The Balaban J connectivity index is 2.40. The molecule has 0 N–H and O–H groups in total. The van der Waals surface area contributed by atoms with Crippen LogP contribution in [-0.4, -0.2) is 19.7 Å². The molecule has 4 heteroatoms. The van der Waals surface area contributed by atoms with Gasteiger partial charge in [-0.15, -0.1) is 0 Å². The number of aryl methyl sites for hydroxylation is 1. The molecule has 1 heterocycles. The maximum absolute atomic E-state index is 11.7. The molecule has 1 aromatic rings. The molecule has 1 aromatic carbocycles. The third-order valence-electron chi connectivity index (χ3n) is 2.81. The summed E-state index contributed by atoms with van der Waals surface area (Å²) in [7, 11) is 1.42. The van der Waals surface area contributed by atoms with Crippen LogP contribution in [0.1, 0.15) is 18.4 Å². The lowest BCUT2D eigenvalue weighted by Crippen LogP contribution is -2.31. The molecule has 1 aliphatic rings. The third-order valence-corrected chi connectivity index (χ3v) is 3.30. The lowest BCUT2D eigenvalue weighted by molar-refractivity contribution is 0.178. The molecular formula is C12H14BrNO2. The summed E-state index contributed by atoms with van der Waals surface area (Å²) in [5, 5.41) is 0. The zero-order chi connectivity index (χ0) is 11.5. The summed E-state index contributed by atoms with van der Waals surface area (Å²) in [6.07, 6.45) is 2.87. The molecule has 0 aromatic heterocycles. The number of hydrogen-bond acceptors (Lipinski definition) is 2. The summed E-state index contributed by atoms with van der Waals surface area (Å²) in [6.45, 7) is 0.737. The number of carbonyl (C=O) groups excluding carboxylic acids is 1. The Morgan fingerprint density at radius 1 is 1.44 bits per heavy atom. The lowest BCUT2D eigenvalue weighted by Gasteiger charge is -2.21. The van der Waals surface area contributed by atoms with E-state index in [-0.39, 0.29) is 6.09 Å². The average molecular weight is 284 g/mol. The Morgan fingerprint density at radius 3 is 3.00 bits per heavy atom. The first-order chi connectivity index (χ1) is 7.72. The first kappa shape index (κ1) is 11.5. The van der Waals surface area contributed by atoms with Crippen molar-refractivity contribution >= 4 is 27.7 Å². The standard InChI is InChI=1S/C12H14BrNO2/c1-16-12(15)14-7-3-2-4-9-8-10(13)5-6-11(9)14/h5-6,8H,2-4,7H2,1H3. The van der Waals surface area contributed by atoms with Crippen molar-refractivity contribution in [1.29, 1.82) is 0 Å². The summed E-state index contributed by atoms with van der Waals surface area (Å²) in [4.78, 5) is 13.4. The predicted molar refractivity (Wildman–Crippen MR) is 66.8 cm³/mol. The van der Waals surface area contributed by atoms with Crippen LogP contribution in [0.3, 0.4) is 0 Å². The van der Waals surface area contributed by atoms with Gasteiger partial charge in [0.2, 0.25) is 0 Å². The number of benzene rings is 1. The molecule has 0 spiro atoms. The highest BCUT2D eigenvalue weighted by atomic mass is 79.9. The van der Waals surface area contributed by atoms with Crippen molar-refractivity contribution in [2.75, 3.05) is 18.6 Å². The highest BCUT2D eigenvalue weighted by molar-refractivity contribution is 9.10. The quantitative estimate of drug-likeness (QED) is 0.731. The van der Waals surface area contributed by atoms with Crippen molar-refractivity contribution in [3.8, 4) is 0 Å². The highest BCUT2D eigenvalue weighted by Crippen LogP contribution is 2.29. The zero-order valence-corrected chi connectivity index (χ0v) is 10.8. The fourth-order valence-electron chi connectivity index (χ4n) is 2.02. The van der Waals surface area contributed by atoms with Crippen LogP contribution in [0, 0.1) is 0 Å². The molecule has 1 aliphatic heterocycles. The molecule has 0 unspecified atom stereocenters. The van der Waals surface area contributed by atoms with Crippen molar-refractivity contribution in [3.05, 3.63) is 28.2 Å². The highest BCUT2D eigenvalue weighted by Gasteiger charge is 2.21. The average Bonchev–Trinajstić information content (AvgIpc) is 2.49. The second-order valence-corrected chi connectivity index (χ2v) is 4.77. The van der Waals surface area contributed by atoms with Gasteiger partial charge in [-0.1, -0.05) is 15.9 Å². The van der Waals surface area contributed by atoms with E-state index in [0.29, 0.717) is 0 Å². The molecule has 3 nitrogen and oxygen atoms in total. The van der Waals surface area contributed by atoms with Gasteiger partial charge in [-0.25, -0.2) is 4.79 Å². The third kappa shape index (κ3) is 2.21. The molecule has 86 valence electrons. The molecule has 0 aliphatic carbocycles. The Morgan fingerprint density at radius 2 is 2.25 bits per heavy atom. The van der Waals surface area contributed by atoms with E-state index in [1.54, 1.807) is 4.90 Å². The van der Waals surface area contributed by atoms with Crippen LogP contribution in [0.15, 0.2) is 22.7 Å². The number of carbonyl (C=O) groups is 1. The van der Waals surface area contributed by atoms with Crippen molar-refractivity contribution in [2.45, 2.75) is 19.3 Å². The van der Waals surface area contributed by atoms with Gasteiger partial charge >= 0.3 is 6.09 Å². The molecule has 16 heavy (non-hydrogen) atoms. The van der Waals surface area contributed by atoms with E-state index >= 15 is 0 Å². The molecular weight excluding hydrogens is 270 g/mol. The van der Waals surface area contributed by atoms with E-state index in [2.05, 4.69) is 22.0 Å². The minimum absolute atomic E-state index is 0.273. The first-order valence-electron chi connectivity index (χ1n) is 5.36. The maximum atomic E-state index is 11.7. The van der Waals surface area contributed by atoms with Crippen molar-refractivity contribution in [3.63, 3.8) is 0 Å². The second-order valence-electron chi connectivity index (χ2n) is 3.85. The van der Waals surface area contributed by atoms with E-state index in [9.17, 15) is 4.79 Å². The SMILES string of the molecule is COC(=O)N1CCCCc2cc(Br)ccc21. The summed E-state index contributed by atoms with van der Waals surface area (Å²) in [6, 6.07) is 6.01. The number of rotatable bonds is 0. The van der Waals surface area contributed by atoms with Crippen LogP contribution >= 0.6 is 15.9 Å². The van der Waals surface area contributed by atoms with Gasteiger partial charge in [-0.3, -0.25) is 4.90 Å². The zero-order valence-electron chi connectivity index (χ0n) is 9.20. The van der Waals surface area contributed by atoms with Crippen molar-refractivity contribution in [1.82, 2.24) is 0 Å². The van der Waals surface area contributed by atoms with Crippen LogP contribution in [0.2, 0.25) is 0 Å². The molecule has 0 saturated heterocycles. The van der Waals surface area contributed by atoms with Gasteiger partial charge in [0.1, 0.15) is 0 Å². The van der Waals surface area contributed by atoms with Crippen LogP contribution in [0.25, 0.3) is 0 Å². The number of amides is 1. The van der Waals surface area contributed by atoms with Crippen LogP contribution in [0.5, 0.6) is 0 Å². The number of ether oxygens (including phenoxy) is 1. The topological polar surface area (TPSA) is 29.5 Å². The van der Waals surface area contributed by atoms with Crippen LogP contribution in [0.4, 0.5) is 10.5 Å². The van der Waals surface area contributed by atoms with E-state index in [0.717, 1.165) is 36.0 Å². The van der Waals surface area contributed by atoms with Crippen LogP contribution in [-0.2, 0) is 11.2 Å². The normalized spacial score (nSPS) is 15.2.